The first kappa shape index (κ1) is 9.61. The van der Waals surface area contributed by atoms with E-state index in [0.29, 0.717) is 6.42 Å². The molecule has 1 rings (SSSR count). The summed E-state index contributed by atoms with van der Waals surface area (Å²) in [6.45, 7) is 5.50. The van der Waals surface area contributed by atoms with Crippen LogP contribution in [0.2, 0.25) is 0 Å². The number of carbonyl (C=O) groups excluding carboxylic acids is 1. The molecule has 0 saturated heterocycles. The Balaban J connectivity index is 2.69. The van der Waals surface area contributed by atoms with Gasteiger partial charge in [-0.2, -0.15) is 5.26 Å². The van der Waals surface area contributed by atoms with Gasteiger partial charge >= 0.3 is 0 Å². The van der Waals surface area contributed by atoms with Gasteiger partial charge in [0, 0.05) is 5.41 Å². The molecule has 1 N–H and O–H groups in total. The fraction of sp³-hybridized carbons (Fsp3) is 0.600. The molecule has 1 aliphatic rings. The van der Waals surface area contributed by atoms with Crippen LogP contribution >= 0.6 is 0 Å². The molecule has 1 saturated carbocycles. The number of hydrogen-bond acceptors (Lipinski definition) is 2. The predicted octanol–water partition coefficient (Wildman–Crippen LogP) is 0.818. The summed E-state index contributed by atoms with van der Waals surface area (Å²) in [6.07, 6.45) is 0.702. The van der Waals surface area contributed by atoms with Gasteiger partial charge in [0.25, 0.3) is 5.91 Å². The summed E-state index contributed by atoms with van der Waals surface area (Å²) in [5, 5.41) is 11.5. The van der Waals surface area contributed by atoms with Crippen molar-refractivity contribution < 1.29 is 4.79 Å². The van der Waals surface area contributed by atoms with Crippen molar-refractivity contribution in [1.29, 1.82) is 5.26 Å². The second-order valence-electron chi connectivity index (χ2n) is 3.91. The zero-order valence-electron chi connectivity index (χ0n) is 8.06. The van der Waals surface area contributed by atoms with Crippen LogP contribution in [-0.4, -0.2) is 11.4 Å². The van der Waals surface area contributed by atoms with Gasteiger partial charge < -0.3 is 5.32 Å². The third-order valence-corrected chi connectivity index (χ3v) is 2.49. The Morgan fingerprint density at radius 2 is 2.08 bits per heavy atom. The maximum absolute atomic E-state index is 11.1. The highest BCUT2D eigenvalue weighted by molar-refractivity contribution is 5.94. The Kier molecular flexibility index (Phi) is 2.05. The minimum atomic E-state index is -0.687. The van der Waals surface area contributed by atoms with Crippen molar-refractivity contribution in [2.24, 2.45) is 5.41 Å². The predicted molar refractivity (Wildman–Crippen MR) is 48.3 cm³/mol. The summed E-state index contributed by atoms with van der Waals surface area (Å²) in [5.41, 5.74) is -0.805. The fourth-order valence-electron chi connectivity index (χ4n) is 1.39. The molecule has 1 atom stereocenters. The number of amides is 1. The normalized spacial score (nSPS) is 27.8. The van der Waals surface area contributed by atoms with Crippen LogP contribution < -0.4 is 5.32 Å². The van der Waals surface area contributed by atoms with E-state index >= 15 is 0 Å². The first-order chi connectivity index (χ1) is 5.97. The summed E-state index contributed by atoms with van der Waals surface area (Å²) in [4.78, 5) is 11.1. The zero-order chi connectivity index (χ0) is 10.1. The topological polar surface area (TPSA) is 52.9 Å². The fourth-order valence-corrected chi connectivity index (χ4v) is 1.39. The van der Waals surface area contributed by atoms with Crippen LogP contribution in [0.15, 0.2) is 0 Å². The third-order valence-electron chi connectivity index (χ3n) is 2.49. The molecule has 0 radical (unpaired) electrons. The van der Waals surface area contributed by atoms with Crippen molar-refractivity contribution >= 4 is 5.91 Å². The van der Waals surface area contributed by atoms with Gasteiger partial charge in [0.1, 0.15) is 5.54 Å². The van der Waals surface area contributed by atoms with Gasteiger partial charge in [-0.05, 0) is 19.3 Å². The molecule has 1 unspecified atom stereocenters. The molecule has 3 heteroatoms. The molecule has 1 fully saturated rings. The number of nitrogens with zero attached hydrogens (tertiary/aromatic N) is 1. The van der Waals surface area contributed by atoms with Gasteiger partial charge in [-0.15, -0.1) is 0 Å². The van der Waals surface area contributed by atoms with E-state index in [1.165, 1.54) is 0 Å². The van der Waals surface area contributed by atoms with Gasteiger partial charge in [0.05, 0.1) is 6.07 Å². The van der Waals surface area contributed by atoms with Crippen LogP contribution in [0.1, 0.15) is 27.2 Å². The van der Waals surface area contributed by atoms with E-state index in [1.807, 2.05) is 13.8 Å². The number of hydrogen-bond donors (Lipinski definition) is 1. The number of rotatable bonds is 1. The van der Waals surface area contributed by atoms with Crippen LogP contribution in [0.5, 0.6) is 0 Å². The Hall–Kier alpha value is -1.48. The average Bonchev–Trinajstić information content (AvgIpc) is 2.54. The molecule has 0 aromatic carbocycles. The van der Waals surface area contributed by atoms with E-state index in [4.69, 9.17) is 5.26 Å². The van der Waals surface area contributed by atoms with Crippen LogP contribution in [0.4, 0.5) is 0 Å². The molecule has 3 nitrogen and oxygen atoms in total. The molecular formula is C10H12N2O. The largest absolute Gasteiger partial charge is 0.326 e. The standard InChI is InChI=1S/C10H12N2O/c1-4-5-8(13)12-10(7-11)6-9(10,2)3/h6H2,1-3H3,(H,12,13). The Bertz CT molecular complexity index is 340. The number of nitrogens with one attached hydrogen (secondary N) is 1. The highest BCUT2D eigenvalue weighted by Gasteiger charge is 2.63. The van der Waals surface area contributed by atoms with Crippen LogP contribution in [0, 0.1) is 28.6 Å². The second kappa shape index (κ2) is 2.78. The van der Waals surface area contributed by atoms with Crippen molar-refractivity contribution in [3.63, 3.8) is 0 Å². The highest BCUT2D eigenvalue weighted by atomic mass is 16.1. The first-order valence-corrected chi connectivity index (χ1v) is 4.13. The second-order valence-corrected chi connectivity index (χ2v) is 3.91. The summed E-state index contributed by atoms with van der Waals surface area (Å²) < 4.78 is 0. The Morgan fingerprint density at radius 1 is 1.54 bits per heavy atom. The number of nitriles is 1. The van der Waals surface area contributed by atoms with Gasteiger partial charge in [0.15, 0.2) is 0 Å². The lowest BCUT2D eigenvalue weighted by atomic mass is 10.1. The molecule has 1 amide bonds. The molecule has 0 aromatic heterocycles. The van der Waals surface area contributed by atoms with E-state index < -0.39 is 5.54 Å². The maximum atomic E-state index is 11.1. The van der Waals surface area contributed by atoms with Crippen LogP contribution in [0.3, 0.4) is 0 Å². The van der Waals surface area contributed by atoms with Gasteiger partial charge in [0.2, 0.25) is 0 Å². The van der Waals surface area contributed by atoms with Crippen molar-refractivity contribution in [3.8, 4) is 17.9 Å². The van der Waals surface area contributed by atoms with Crippen molar-refractivity contribution in [1.82, 2.24) is 5.32 Å². The summed E-state index contributed by atoms with van der Waals surface area (Å²) in [5.74, 6) is 4.49. The van der Waals surface area contributed by atoms with E-state index in [1.54, 1.807) is 6.92 Å². The summed E-state index contributed by atoms with van der Waals surface area (Å²) in [6, 6.07) is 2.13. The maximum Gasteiger partial charge on any atom is 0.297 e. The van der Waals surface area contributed by atoms with Crippen LogP contribution in [0.25, 0.3) is 0 Å². The minimum Gasteiger partial charge on any atom is -0.326 e. The summed E-state index contributed by atoms with van der Waals surface area (Å²) >= 11 is 0. The van der Waals surface area contributed by atoms with E-state index in [2.05, 4.69) is 23.2 Å². The summed E-state index contributed by atoms with van der Waals surface area (Å²) in [7, 11) is 0. The lowest BCUT2D eigenvalue weighted by Gasteiger charge is -2.11. The Labute approximate surface area is 78.1 Å². The molecular weight excluding hydrogens is 164 g/mol. The highest BCUT2D eigenvalue weighted by Crippen LogP contribution is 2.54. The van der Waals surface area contributed by atoms with E-state index in [-0.39, 0.29) is 11.3 Å². The monoisotopic (exact) mass is 176 g/mol. The van der Waals surface area contributed by atoms with Crippen molar-refractivity contribution in [2.45, 2.75) is 32.7 Å². The smallest absolute Gasteiger partial charge is 0.297 e. The molecule has 0 aliphatic heterocycles. The average molecular weight is 176 g/mol. The zero-order valence-corrected chi connectivity index (χ0v) is 8.06. The molecule has 0 spiro atoms. The SMILES string of the molecule is CC#CC(=O)NC1(C#N)CC1(C)C. The molecule has 0 heterocycles. The molecule has 0 aromatic rings. The molecule has 13 heavy (non-hydrogen) atoms. The van der Waals surface area contributed by atoms with Gasteiger partial charge in [-0.25, -0.2) is 0 Å². The molecule has 0 bridgehead atoms. The lowest BCUT2D eigenvalue weighted by molar-refractivity contribution is -0.116. The quantitative estimate of drug-likeness (QED) is 0.601. The van der Waals surface area contributed by atoms with E-state index in [0.717, 1.165) is 0 Å². The van der Waals surface area contributed by atoms with Gasteiger partial charge in [-0.3, -0.25) is 4.79 Å². The number of carbonyl (C=O) groups is 1. The van der Waals surface area contributed by atoms with Crippen molar-refractivity contribution in [2.75, 3.05) is 0 Å². The van der Waals surface area contributed by atoms with Gasteiger partial charge in [-0.1, -0.05) is 19.8 Å². The molecule has 1 aliphatic carbocycles. The Morgan fingerprint density at radius 3 is 2.38 bits per heavy atom. The first-order valence-electron chi connectivity index (χ1n) is 4.13. The molecule has 68 valence electrons. The van der Waals surface area contributed by atoms with E-state index in [9.17, 15) is 4.79 Å². The lowest BCUT2D eigenvalue weighted by Crippen LogP contribution is -2.38. The van der Waals surface area contributed by atoms with Crippen LogP contribution in [-0.2, 0) is 4.79 Å². The third kappa shape index (κ3) is 1.51. The van der Waals surface area contributed by atoms with Crippen molar-refractivity contribution in [3.05, 3.63) is 0 Å². The minimum absolute atomic E-state index is 0.118.